The molecule has 2 rings (SSSR count). The van der Waals surface area contributed by atoms with Gasteiger partial charge in [-0.15, -0.1) is 0 Å². The summed E-state index contributed by atoms with van der Waals surface area (Å²) in [5.74, 6) is -0.0810. The van der Waals surface area contributed by atoms with Crippen LogP contribution in [0, 0.1) is 0 Å². The van der Waals surface area contributed by atoms with Crippen molar-refractivity contribution >= 4 is 17.8 Å². The largest absolute Gasteiger partial charge is 0.497 e. The molecule has 1 aliphatic heterocycles. The Morgan fingerprint density at radius 2 is 1.92 bits per heavy atom. The molecule has 0 spiro atoms. The van der Waals surface area contributed by atoms with E-state index < -0.39 is 17.5 Å². The van der Waals surface area contributed by atoms with Crippen LogP contribution in [0.3, 0.4) is 0 Å². The summed E-state index contributed by atoms with van der Waals surface area (Å²) in [6.07, 6.45) is 2.17. The van der Waals surface area contributed by atoms with Gasteiger partial charge < -0.3 is 15.4 Å². The van der Waals surface area contributed by atoms with Gasteiger partial charge in [-0.25, -0.2) is 4.79 Å². The van der Waals surface area contributed by atoms with Gasteiger partial charge >= 0.3 is 6.03 Å². The molecule has 2 atom stereocenters. The molecule has 1 heterocycles. The summed E-state index contributed by atoms with van der Waals surface area (Å²) in [5.41, 5.74) is -0.486. The van der Waals surface area contributed by atoms with Gasteiger partial charge in [-0.05, 0) is 37.5 Å². The minimum atomic E-state index is -1.15. The molecule has 2 N–H and O–H groups in total. The first-order valence-electron chi connectivity index (χ1n) is 8.96. The Morgan fingerprint density at radius 3 is 2.46 bits per heavy atom. The van der Waals surface area contributed by atoms with E-state index >= 15 is 0 Å². The lowest BCUT2D eigenvalue weighted by atomic mass is 9.87. The van der Waals surface area contributed by atoms with Gasteiger partial charge in [-0.2, -0.15) is 0 Å². The molecule has 0 aliphatic carbocycles. The summed E-state index contributed by atoms with van der Waals surface area (Å²) >= 11 is 0. The smallest absolute Gasteiger partial charge is 0.325 e. The number of rotatable bonds is 8. The fourth-order valence-electron chi connectivity index (χ4n) is 3.25. The van der Waals surface area contributed by atoms with Crippen molar-refractivity contribution < 1.29 is 19.1 Å². The number of urea groups is 1. The molecule has 1 fully saturated rings. The highest BCUT2D eigenvalue weighted by Gasteiger charge is 2.51. The average Bonchev–Trinajstić information content (AvgIpc) is 2.87. The van der Waals surface area contributed by atoms with Gasteiger partial charge in [0.25, 0.3) is 5.91 Å². The van der Waals surface area contributed by atoms with Crippen LogP contribution in [-0.4, -0.2) is 42.4 Å². The van der Waals surface area contributed by atoms with Crippen LogP contribution in [0.25, 0.3) is 0 Å². The molecule has 0 saturated carbocycles. The van der Waals surface area contributed by atoms with Crippen LogP contribution in [0.2, 0.25) is 0 Å². The SMILES string of the molecule is CCCC(C)NC(=O)CN1C(=O)NC(CC)(c2ccc(OC)cc2)C1=O. The highest BCUT2D eigenvalue weighted by atomic mass is 16.5. The quantitative estimate of drug-likeness (QED) is 0.695. The van der Waals surface area contributed by atoms with Crippen LogP contribution in [0.5, 0.6) is 5.75 Å². The van der Waals surface area contributed by atoms with Crippen LogP contribution >= 0.6 is 0 Å². The Morgan fingerprint density at radius 1 is 1.27 bits per heavy atom. The number of benzene rings is 1. The van der Waals surface area contributed by atoms with E-state index in [0.717, 1.165) is 17.7 Å². The van der Waals surface area contributed by atoms with Crippen LogP contribution in [-0.2, 0) is 15.1 Å². The molecule has 1 aromatic carbocycles. The lowest BCUT2D eigenvalue weighted by Gasteiger charge is -2.26. The molecule has 1 aliphatic rings. The molecule has 2 unspecified atom stereocenters. The molecule has 26 heavy (non-hydrogen) atoms. The summed E-state index contributed by atoms with van der Waals surface area (Å²) in [4.78, 5) is 38.6. The Kier molecular flexibility index (Phi) is 6.23. The molecule has 142 valence electrons. The Hall–Kier alpha value is -2.57. The first-order chi connectivity index (χ1) is 12.4. The second-order valence-corrected chi connectivity index (χ2v) is 6.57. The lowest BCUT2D eigenvalue weighted by Crippen LogP contribution is -2.45. The first kappa shape index (κ1) is 19.8. The highest BCUT2D eigenvalue weighted by molar-refractivity contribution is 6.09. The molecule has 7 heteroatoms. The van der Waals surface area contributed by atoms with Gasteiger partial charge in [0, 0.05) is 6.04 Å². The number of methoxy groups -OCH3 is 1. The number of hydrogen-bond donors (Lipinski definition) is 2. The minimum absolute atomic E-state index is 0.00536. The fraction of sp³-hybridized carbons (Fsp3) is 0.526. The third kappa shape index (κ3) is 3.81. The van der Waals surface area contributed by atoms with Gasteiger partial charge in [0.2, 0.25) is 5.91 Å². The molecule has 7 nitrogen and oxygen atoms in total. The van der Waals surface area contributed by atoms with Crippen molar-refractivity contribution in [2.24, 2.45) is 0 Å². The van der Waals surface area contributed by atoms with Gasteiger partial charge in [-0.1, -0.05) is 32.4 Å². The van der Waals surface area contributed by atoms with Crippen molar-refractivity contribution in [3.05, 3.63) is 29.8 Å². The maximum atomic E-state index is 13.0. The number of carbonyl (C=O) groups is 3. The van der Waals surface area contributed by atoms with Crippen LogP contribution in [0.15, 0.2) is 24.3 Å². The standard InChI is InChI=1S/C19H27N3O4/c1-5-7-13(3)20-16(23)12-22-17(24)19(6-2,21-18(22)25)14-8-10-15(26-4)11-9-14/h8-11,13H,5-7,12H2,1-4H3,(H,20,23)(H,21,25). The maximum absolute atomic E-state index is 13.0. The van der Waals surface area contributed by atoms with Crippen LogP contribution < -0.4 is 15.4 Å². The average molecular weight is 361 g/mol. The van der Waals surface area contributed by atoms with Gasteiger partial charge in [0.1, 0.15) is 17.8 Å². The third-order valence-electron chi connectivity index (χ3n) is 4.72. The predicted molar refractivity (Wildman–Crippen MR) is 97.7 cm³/mol. The predicted octanol–water partition coefficient (Wildman–Crippen LogP) is 2.16. The van der Waals surface area contributed by atoms with Crippen molar-refractivity contribution in [1.82, 2.24) is 15.5 Å². The zero-order valence-corrected chi connectivity index (χ0v) is 15.8. The van der Waals surface area contributed by atoms with Crippen molar-refractivity contribution in [3.8, 4) is 5.75 Å². The first-order valence-corrected chi connectivity index (χ1v) is 8.96. The maximum Gasteiger partial charge on any atom is 0.325 e. The minimum Gasteiger partial charge on any atom is -0.497 e. The topological polar surface area (TPSA) is 87.7 Å². The normalized spacial score (nSPS) is 20.7. The number of nitrogens with zero attached hydrogens (tertiary/aromatic N) is 1. The Labute approximate surface area is 154 Å². The van der Waals surface area contributed by atoms with Crippen molar-refractivity contribution in [2.45, 2.75) is 51.6 Å². The monoisotopic (exact) mass is 361 g/mol. The fourth-order valence-corrected chi connectivity index (χ4v) is 3.25. The van der Waals surface area contributed by atoms with E-state index in [1.54, 1.807) is 31.4 Å². The second kappa shape index (κ2) is 8.21. The van der Waals surface area contributed by atoms with Crippen molar-refractivity contribution in [2.75, 3.05) is 13.7 Å². The van der Waals surface area contributed by atoms with Gasteiger partial charge in [0.15, 0.2) is 0 Å². The highest BCUT2D eigenvalue weighted by Crippen LogP contribution is 2.33. The third-order valence-corrected chi connectivity index (χ3v) is 4.72. The summed E-state index contributed by atoms with van der Waals surface area (Å²) < 4.78 is 5.14. The number of ether oxygens (including phenoxy) is 1. The zero-order chi connectivity index (χ0) is 19.3. The number of nitrogens with one attached hydrogen (secondary N) is 2. The molecule has 1 aromatic rings. The van der Waals surface area contributed by atoms with E-state index in [-0.39, 0.29) is 18.5 Å². The van der Waals surface area contributed by atoms with E-state index in [4.69, 9.17) is 4.74 Å². The summed E-state index contributed by atoms with van der Waals surface area (Å²) in [7, 11) is 1.56. The Bertz CT molecular complexity index is 674. The number of amides is 4. The molecule has 0 bridgehead atoms. The molecular weight excluding hydrogens is 334 g/mol. The summed E-state index contributed by atoms with van der Waals surface area (Å²) in [6, 6.07) is 6.46. The molecular formula is C19H27N3O4. The summed E-state index contributed by atoms with van der Waals surface area (Å²) in [6.45, 7) is 5.48. The zero-order valence-electron chi connectivity index (χ0n) is 15.8. The van der Waals surface area contributed by atoms with E-state index in [1.807, 2.05) is 20.8 Å². The van der Waals surface area contributed by atoms with E-state index in [2.05, 4.69) is 10.6 Å². The number of hydrogen-bond acceptors (Lipinski definition) is 4. The number of carbonyl (C=O) groups excluding carboxylic acids is 3. The molecule has 0 aromatic heterocycles. The molecule has 0 radical (unpaired) electrons. The van der Waals surface area contributed by atoms with Gasteiger partial charge in [0.05, 0.1) is 7.11 Å². The van der Waals surface area contributed by atoms with Gasteiger partial charge in [-0.3, -0.25) is 14.5 Å². The van der Waals surface area contributed by atoms with Crippen LogP contribution in [0.1, 0.15) is 45.6 Å². The van der Waals surface area contributed by atoms with E-state index in [1.165, 1.54) is 0 Å². The second-order valence-electron chi connectivity index (χ2n) is 6.57. The van der Waals surface area contributed by atoms with E-state index in [0.29, 0.717) is 17.7 Å². The lowest BCUT2D eigenvalue weighted by molar-refractivity contribution is -0.135. The Balaban J connectivity index is 2.18. The van der Waals surface area contributed by atoms with Crippen LogP contribution in [0.4, 0.5) is 4.79 Å². The number of imide groups is 1. The molecule has 4 amide bonds. The summed E-state index contributed by atoms with van der Waals surface area (Å²) in [5, 5.41) is 5.59. The van der Waals surface area contributed by atoms with Crippen molar-refractivity contribution in [1.29, 1.82) is 0 Å². The molecule has 1 saturated heterocycles. The van der Waals surface area contributed by atoms with Crippen molar-refractivity contribution in [3.63, 3.8) is 0 Å². The van der Waals surface area contributed by atoms with E-state index in [9.17, 15) is 14.4 Å².